The van der Waals surface area contributed by atoms with Crippen molar-refractivity contribution in [2.24, 2.45) is 0 Å². The Kier molecular flexibility index (Phi) is 4.58. The van der Waals surface area contributed by atoms with E-state index in [0.717, 1.165) is 17.3 Å². The van der Waals surface area contributed by atoms with Gasteiger partial charge in [-0.25, -0.2) is 0 Å². The second kappa shape index (κ2) is 5.85. The Morgan fingerprint density at radius 1 is 1.53 bits per heavy atom. The lowest BCUT2D eigenvalue weighted by Gasteiger charge is -2.35. The molecule has 0 radical (unpaired) electrons. The van der Waals surface area contributed by atoms with Gasteiger partial charge in [0.05, 0.1) is 11.2 Å². The molecule has 19 heavy (non-hydrogen) atoms. The van der Waals surface area contributed by atoms with Crippen LogP contribution in [0.5, 0.6) is 0 Å². The van der Waals surface area contributed by atoms with E-state index < -0.39 is 0 Å². The molecule has 0 aromatic heterocycles. The van der Waals surface area contributed by atoms with Crippen LogP contribution in [-0.2, 0) is 4.74 Å². The molecule has 1 unspecified atom stereocenters. The van der Waals surface area contributed by atoms with Crippen molar-refractivity contribution in [1.29, 1.82) is 0 Å². The Bertz CT molecular complexity index is 490. The standard InChI is InChI=1S/C14H18BrNO2S/c1-14(2)8-10(5-6-18-14)16-13(17)11-4-3-9(15)7-12(11)19/h3-4,7,10,19H,5-6,8H2,1-2H3,(H,16,17). The Morgan fingerprint density at radius 3 is 2.89 bits per heavy atom. The van der Waals surface area contributed by atoms with Crippen molar-refractivity contribution in [2.45, 2.75) is 43.2 Å². The van der Waals surface area contributed by atoms with E-state index in [2.05, 4.69) is 47.7 Å². The summed E-state index contributed by atoms with van der Waals surface area (Å²) in [4.78, 5) is 12.9. The molecule has 1 atom stereocenters. The maximum atomic E-state index is 12.2. The second-order valence-electron chi connectivity index (χ2n) is 5.43. The second-order valence-corrected chi connectivity index (χ2v) is 6.83. The molecule has 1 aromatic carbocycles. The van der Waals surface area contributed by atoms with Crippen molar-refractivity contribution < 1.29 is 9.53 Å². The van der Waals surface area contributed by atoms with Gasteiger partial charge < -0.3 is 10.1 Å². The molecule has 104 valence electrons. The van der Waals surface area contributed by atoms with Gasteiger partial charge in [0.15, 0.2) is 0 Å². The van der Waals surface area contributed by atoms with E-state index in [4.69, 9.17) is 4.74 Å². The number of halogens is 1. The highest BCUT2D eigenvalue weighted by Crippen LogP contribution is 2.25. The third-order valence-corrected chi connectivity index (χ3v) is 4.10. The number of hydrogen-bond acceptors (Lipinski definition) is 3. The minimum absolute atomic E-state index is 0.0693. The quantitative estimate of drug-likeness (QED) is 0.807. The predicted molar refractivity (Wildman–Crippen MR) is 81.9 cm³/mol. The van der Waals surface area contributed by atoms with Crippen molar-refractivity contribution in [2.75, 3.05) is 6.61 Å². The Morgan fingerprint density at radius 2 is 2.26 bits per heavy atom. The fraction of sp³-hybridized carbons (Fsp3) is 0.500. The number of rotatable bonds is 2. The first-order valence-electron chi connectivity index (χ1n) is 6.31. The SMILES string of the molecule is CC1(C)CC(NC(=O)c2ccc(Br)cc2S)CCO1. The van der Waals surface area contributed by atoms with E-state index in [9.17, 15) is 4.79 Å². The summed E-state index contributed by atoms with van der Waals surface area (Å²) in [7, 11) is 0. The summed E-state index contributed by atoms with van der Waals surface area (Å²) >= 11 is 7.71. The first kappa shape index (κ1) is 14.9. The van der Waals surface area contributed by atoms with E-state index in [1.54, 1.807) is 6.07 Å². The van der Waals surface area contributed by atoms with Crippen LogP contribution in [0.25, 0.3) is 0 Å². The number of hydrogen-bond donors (Lipinski definition) is 2. The van der Waals surface area contributed by atoms with Crippen LogP contribution in [0.4, 0.5) is 0 Å². The third kappa shape index (κ3) is 3.97. The monoisotopic (exact) mass is 343 g/mol. The molecule has 1 aliphatic rings. The van der Waals surface area contributed by atoms with Crippen LogP contribution in [0.2, 0.25) is 0 Å². The van der Waals surface area contributed by atoms with Gasteiger partial charge in [-0.15, -0.1) is 12.6 Å². The van der Waals surface area contributed by atoms with E-state index in [1.165, 1.54) is 0 Å². The summed E-state index contributed by atoms with van der Waals surface area (Å²) in [5.41, 5.74) is 0.440. The van der Waals surface area contributed by atoms with Gasteiger partial charge in [-0.2, -0.15) is 0 Å². The highest BCUT2D eigenvalue weighted by Gasteiger charge is 2.30. The molecule has 1 aliphatic heterocycles. The largest absolute Gasteiger partial charge is 0.375 e. The summed E-state index contributed by atoms with van der Waals surface area (Å²) in [6.45, 7) is 4.79. The summed E-state index contributed by atoms with van der Waals surface area (Å²) < 4.78 is 6.57. The molecule has 1 saturated heterocycles. The smallest absolute Gasteiger partial charge is 0.252 e. The van der Waals surface area contributed by atoms with Gasteiger partial charge >= 0.3 is 0 Å². The molecule has 1 aromatic rings. The number of nitrogens with one attached hydrogen (secondary N) is 1. The number of carbonyl (C=O) groups is 1. The average molecular weight is 344 g/mol. The zero-order valence-electron chi connectivity index (χ0n) is 11.1. The predicted octanol–water partition coefficient (Wildman–Crippen LogP) is 3.43. The molecule has 1 N–H and O–H groups in total. The number of thiol groups is 1. The maximum Gasteiger partial charge on any atom is 0.252 e. The van der Waals surface area contributed by atoms with Crippen molar-refractivity contribution in [3.05, 3.63) is 28.2 Å². The zero-order chi connectivity index (χ0) is 14.0. The topological polar surface area (TPSA) is 38.3 Å². The van der Waals surface area contributed by atoms with Gasteiger partial charge in [0.25, 0.3) is 5.91 Å². The molecule has 3 nitrogen and oxygen atoms in total. The maximum absolute atomic E-state index is 12.2. The highest BCUT2D eigenvalue weighted by molar-refractivity contribution is 9.10. The van der Waals surface area contributed by atoms with Crippen molar-refractivity contribution >= 4 is 34.5 Å². The molecule has 0 spiro atoms. The van der Waals surface area contributed by atoms with E-state index in [0.29, 0.717) is 17.1 Å². The van der Waals surface area contributed by atoms with Gasteiger partial charge in [-0.05, 0) is 44.9 Å². The lowest BCUT2D eigenvalue weighted by atomic mass is 9.94. The van der Waals surface area contributed by atoms with Crippen molar-refractivity contribution in [3.63, 3.8) is 0 Å². The molecule has 0 saturated carbocycles. The van der Waals surface area contributed by atoms with Crippen LogP contribution >= 0.6 is 28.6 Å². The van der Waals surface area contributed by atoms with Gasteiger partial charge in [-0.3, -0.25) is 4.79 Å². The van der Waals surface area contributed by atoms with Crippen molar-refractivity contribution in [1.82, 2.24) is 5.32 Å². The first-order chi connectivity index (χ1) is 8.87. The molecule has 5 heteroatoms. The fourth-order valence-electron chi connectivity index (χ4n) is 2.32. The van der Waals surface area contributed by atoms with Gasteiger partial charge in [0.2, 0.25) is 0 Å². The normalized spacial score (nSPS) is 22.0. The molecule has 1 fully saturated rings. The van der Waals surface area contributed by atoms with Crippen LogP contribution < -0.4 is 5.32 Å². The summed E-state index contributed by atoms with van der Waals surface area (Å²) in [6, 6.07) is 5.62. The minimum atomic E-state index is -0.167. The number of carbonyl (C=O) groups excluding carboxylic acids is 1. The van der Waals surface area contributed by atoms with Crippen molar-refractivity contribution in [3.8, 4) is 0 Å². The molecule has 2 rings (SSSR count). The van der Waals surface area contributed by atoms with E-state index >= 15 is 0 Å². The Hall–Kier alpha value is -0.520. The molecule has 0 bridgehead atoms. The highest BCUT2D eigenvalue weighted by atomic mass is 79.9. The van der Waals surface area contributed by atoms with Gasteiger partial charge in [0.1, 0.15) is 0 Å². The van der Waals surface area contributed by atoms with Crippen LogP contribution in [0, 0.1) is 0 Å². The molecule has 1 heterocycles. The van der Waals surface area contributed by atoms with E-state index in [1.807, 2.05) is 12.1 Å². The lowest BCUT2D eigenvalue weighted by molar-refractivity contribution is -0.0615. The summed E-state index contributed by atoms with van der Waals surface area (Å²) in [5.74, 6) is -0.0693. The average Bonchev–Trinajstić information content (AvgIpc) is 2.27. The third-order valence-electron chi connectivity index (χ3n) is 3.24. The molecule has 1 amide bonds. The number of amides is 1. The fourth-order valence-corrected chi connectivity index (χ4v) is 3.17. The van der Waals surface area contributed by atoms with Gasteiger partial charge in [0, 0.05) is 22.0 Å². The number of benzene rings is 1. The molecular formula is C14H18BrNO2S. The Balaban J connectivity index is 2.04. The number of ether oxygens (including phenoxy) is 1. The Labute approximate surface area is 127 Å². The first-order valence-corrected chi connectivity index (χ1v) is 7.55. The summed E-state index contributed by atoms with van der Waals surface area (Å²) in [6.07, 6.45) is 1.69. The van der Waals surface area contributed by atoms with Crippen LogP contribution in [0.15, 0.2) is 27.6 Å². The van der Waals surface area contributed by atoms with Crippen LogP contribution in [0.3, 0.4) is 0 Å². The lowest BCUT2D eigenvalue weighted by Crippen LogP contribution is -2.45. The van der Waals surface area contributed by atoms with Crippen LogP contribution in [0.1, 0.15) is 37.0 Å². The van der Waals surface area contributed by atoms with E-state index in [-0.39, 0.29) is 17.6 Å². The van der Waals surface area contributed by atoms with Gasteiger partial charge in [-0.1, -0.05) is 15.9 Å². The van der Waals surface area contributed by atoms with Crippen LogP contribution in [-0.4, -0.2) is 24.2 Å². The molecule has 0 aliphatic carbocycles. The summed E-state index contributed by atoms with van der Waals surface area (Å²) in [5, 5.41) is 3.07. The molecular weight excluding hydrogens is 326 g/mol. The minimum Gasteiger partial charge on any atom is -0.375 e. The zero-order valence-corrected chi connectivity index (χ0v) is 13.6.